The van der Waals surface area contributed by atoms with E-state index in [9.17, 15) is 4.39 Å². The van der Waals surface area contributed by atoms with Gasteiger partial charge in [0, 0.05) is 11.1 Å². The molecule has 1 N–H and O–H groups in total. The second-order valence-corrected chi connectivity index (χ2v) is 5.54. The largest absolute Gasteiger partial charge is 0.313 e. The standard InChI is InChI=1S/C17H19ClFN/c1-11-8-16(18)12(2)7-15(11)17(20-3)10-13-5-4-6-14(19)9-13/h4-9,17,20H,10H2,1-3H3. The van der Waals surface area contributed by atoms with Crippen molar-refractivity contribution in [3.8, 4) is 0 Å². The van der Waals surface area contributed by atoms with Gasteiger partial charge in [0.15, 0.2) is 0 Å². The van der Waals surface area contributed by atoms with Crippen molar-refractivity contribution >= 4 is 11.6 Å². The normalized spacial score (nSPS) is 12.4. The first-order valence-electron chi connectivity index (χ1n) is 6.69. The Morgan fingerprint density at radius 3 is 2.55 bits per heavy atom. The van der Waals surface area contributed by atoms with Crippen molar-refractivity contribution in [2.75, 3.05) is 7.05 Å². The van der Waals surface area contributed by atoms with E-state index in [4.69, 9.17) is 11.6 Å². The summed E-state index contributed by atoms with van der Waals surface area (Å²) in [6.45, 7) is 4.05. The summed E-state index contributed by atoms with van der Waals surface area (Å²) in [5, 5.41) is 4.09. The summed E-state index contributed by atoms with van der Waals surface area (Å²) in [6.07, 6.45) is 0.746. The van der Waals surface area contributed by atoms with Gasteiger partial charge < -0.3 is 5.32 Å². The molecule has 1 atom stereocenters. The minimum Gasteiger partial charge on any atom is -0.313 e. The van der Waals surface area contributed by atoms with Crippen LogP contribution in [-0.2, 0) is 6.42 Å². The van der Waals surface area contributed by atoms with Gasteiger partial charge in [0.05, 0.1) is 0 Å². The van der Waals surface area contributed by atoms with E-state index in [0.29, 0.717) is 0 Å². The Morgan fingerprint density at radius 1 is 1.15 bits per heavy atom. The van der Waals surface area contributed by atoms with E-state index in [1.165, 1.54) is 11.6 Å². The molecular formula is C17H19ClFN. The summed E-state index contributed by atoms with van der Waals surface area (Å²) in [6, 6.07) is 11.0. The van der Waals surface area contributed by atoms with Crippen LogP contribution < -0.4 is 5.32 Å². The molecule has 3 heteroatoms. The summed E-state index contributed by atoms with van der Waals surface area (Å²) in [5.74, 6) is -0.193. The fourth-order valence-corrected chi connectivity index (χ4v) is 2.66. The molecule has 2 aromatic carbocycles. The van der Waals surface area contributed by atoms with Crippen molar-refractivity contribution in [1.29, 1.82) is 0 Å². The van der Waals surface area contributed by atoms with Crippen LogP contribution in [0, 0.1) is 19.7 Å². The topological polar surface area (TPSA) is 12.0 Å². The molecule has 0 aliphatic rings. The molecule has 106 valence electrons. The molecule has 0 amide bonds. The fourth-order valence-electron chi connectivity index (χ4n) is 2.45. The third-order valence-electron chi connectivity index (χ3n) is 3.60. The molecule has 1 unspecified atom stereocenters. The van der Waals surface area contributed by atoms with Gasteiger partial charge in [0.2, 0.25) is 0 Å². The lowest BCUT2D eigenvalue weighted by molar-refractivity contribution is 0.581. The average Bonchev–Trinajstić information content (AvgIpc) is 2.40. The number of aryl methyl sites for hydroxylation is 2. The summed E-state index contributed by atoms with van der Waals surface area (Å²) >= 11 is 6.14. The number of rotatable bonds is 4. The molecule has 2 aromatic rings. The molecule has 0 aliphatic heterocycles. The minimum absolute atomic E-state index is 0.146. The Kier molecular flexibility index (Phi) is 4.79. The SMILES string of the molecule is CNC(Cc1cccc(F)c1)c1cc(C)c(Cl)cc1C. The van der Waals surface area contributed by atoms with Gasteiger partial charge in [-0.1, -0.05) is 29.8 Å². The van der Waals surface area contributed by atoms with Gasteiger partial charge in [-0.15, -0.1) is 0 Å². The number of benzene rings is 2. The molecule has 0 bridgehead atoms. The number of nitrogens with one attached hydrogen (secondary N) is 1. The van der Waals surface area contributed by atoms with Gasteiger partial charge >= 0.3 is 0 Å². The van der Waals surface area contributed by atoms with E-state index in [1.807, 2.05) is 26.1 Å². The summed E-state index contributed by atoms with van der Waals surface area (Å²) in [4.78, 5) is 0. The van der Waals surface area contributed by atoms with Crippen LogP contribution in [0.1, 0.15) is 28.3 Å². The Labute approximate surface area is 124 Å². The quantitative estimate of drug-likeness (QED) is 0.868. The van der Waals surface area contributed by atoms with E-state index in [-0.39, 0.29) is 11.9 Å². The first kappa shape index (κ1) is 15.0. The van der Waals surface area contributed by atoms with Crippen LogP contribution in [0.2, 0.25) is 5.02 Å². The molecule has 0 saturated heterocycles. The Balaban J connectivity index is 2.31. The number of hydrogen-bond acceptors (Lipinski definition) is 1. The zero-order valence-corrected chi connectivity index (χ0v) is 12.8. The molecular weight excluding hydrogens is 273 g/mol. The van der Waals surface area contributed by atoms with Crippen molar-refractivity contribution in [1.82, 2.24) is 5.32 Å². The van der Waals surface area contributed by atoms with E-state index in [2.05, 4.69) is 18.3 Å². The summed E-state index contributed by atoms with van der Waals surface area (Å²) in [5.41, 5.74) is 4.40. The van der Waals surface area contributed by atoms with Crippen LogP contribution in [0.15, 0.2) is 36.4 Å². The van der Waals surface area contributed by atoms with Crippen molar-refractivity contribution < 1.29 is 4.39 Å². The van der Waals surface area contributed by atoms with Crippen LogP contribution in [-0.4, -0.2) is 7.05 Å². The van der Waals surface area contributed by atoms with E-state index >= 15 is 0 Å². The van der Waals surface area contributed by atoms with Gasteiger partial charge in [-0.25, -0.2) is 4.39 Å². The monoisotopic (exact) mass is 291 g/mol. The van der Waals surface area contributed by atoms with E-state index in [1.54, 1.807) is 12.1 Å². The Bertz CT molecular complexity index is 610. The molecule has 20 heavy (non-hydrogen) atoms. The molecule has 0 radical (unpaired) electrons. The second-order valence-electron chi connectivity index (χ2n) is 5.13. The van der Waals surface area contributed by atoms with Crippen LogP contribution >= 0.6 is 11.6 Å². The maximum absolute atomic E-state index is 13.3. The van der Waals surface area contributed by atoms with E-state index in [0.717, 1.165) is 28.1 Å². The molecule has 0 heterocycles. The van der Waals surface area contributed by atoms with E-state index < -0.39 is 0 Å². The van der Waals surface area contributed by atoms with Gasteiger partial charge in [-0.2, -0.15) is 0 Å². The lowest BCUT2D eigenvalue weighted by atomic mass is 9.94. The van der Waals surface area contributed by atoms with Crippen molar-refractivity contribution in [3.05, 3.63) is 69.5 Å². The average molecular weight is 292 g/mol. The fraction of sp³-hybridized carbons (Fsp3) is 0.294. The molecule has 0 fully saturated rings. The van der Waals surface area contributed by atoms with Crippen LogP contribution in [0.3, 0.4) is 0 Å². The predicted octanol–water partition coefficient (Wildman–Crippen LogP) is 4.60. The van der Waals surface area contributed by atoms with Crippen molar-refractivity contribution in [2.45, 2.75) is 26.3 Å². The van der Waals surface area contributed by atoms with Crippen molar-refractivity contribution in [3.63, 3.8) is 0 Å². The summed E-state index contributed by atoms with van der Waals surface area (Å²) < 4.78 is 13.3. The van der Waals surface area contributed by atoms with Crippen molar-refractivity contribution in [2.24, 2.45) is 0 Å². The zero-order chi connectivity index (χ0) is 14.7. The molecule has 0 spiro atoms. The molecule has 0 aliphatic carbocycles. The minimum atomic E-state index is -0.193. The van der Waals surface area contributed by atoms with Gasteiger partial charge in [-0.3, -0.25) is 0 Å². The number of hydrogen-bond donors (Lipinski definition) is 1. The predicted molar refractivity (Wildman–Crippen MR) is 82.8 cm³/mol. The lowest BCUT2D eigenvalue weighted by Gasteiger charge is -2.20. The highest BCUT2D eigenvalue weighted by atomic mass is 35.5. The highest BCUT2D eigenvalue weighted by molar-refractivity contribution is 6.31. The molecule has 1 nitrogen and oxygen atoms in total. The molecule has 0 saturated carbocycles. The van der Waals surface area contributed by atoms with Crippen LogP contribution in [0.4, 0.5) is 4.39 Å². The van der Waals surface area contributed by atoms with Crippen LogP contribution in [0.25, 0.3) is 0 Å². The number of likely N-dealkylation sites (N-methyl/N-ethyl adjacent to an activating group) is 1. The zero-order valence-electron chi connectivity index (χ0n) is 12.0. The van der Waals surface area contributed by atoms with Crippen LogP contribution in [0.5, 0.6) is 0 Å². The first-order chi connectivity index (χ1) is 9.51. The highest BCUT2D eigenvalue weighted by Crippen LogP contribution is 2.27. The smallest absolute Gasteiger partial charge is 0.123 e. The number of halogens is 2. The summed E-state index contributed by atoms with van der Waals surface area (Å²) in [7, 11) is 1.92. The Hall–Kier alpha value is -1.38. The third kappa shape index (κ3) is 3.38. The maximum atomic E-state index is 13.3. The van der Waals surface area contributed by atoms with Gasteiger partial charge in [0.25, 0.3) is 0 Å². The molecule has 2 rings (SSSR count). The third-order valence-corrected chi connectivity index (χ3v) is 4.01. The molecule has 0 aromatic heterocycles. The second kappa shape index (κ2) is 6.38. The van der Waals surface area contributed by atoms with Gasteiger partial charge in [0.1, 0.15) is 5.82 Å². The maximum Gasteiger partial charge on any atom is 0.123 e. The highest BCUT2D eigenvalue weighted by Gasteiger charge is 2.14. The first-order valence-corrected chi connectivity index (χ1v) is 7.07. The van der Waals surface area contributed by atoms with Gasteiger partial charge in [-0.05, 0) is 67.8 Å². The lowest BCUT2D eigenvalue weighted by Crippen LogP contribution is -2.20. The Morgan fingerprint density at radius 2 is 1.90 bits per heavy atom.